The van der Waals surface area contributed by atoms with E-state index in [4.69, 9.17) is 11.6 Å². The molecule has 2 aromatic rings. The number of benzene rings is 1. The van der Waals surface area contributed by atoms with Crippen LogP contribution in [-0.4, -0.2) is 16.3 Å². The Morgan fingerprint density at radius 1 is 1.47 bits per heavy atom. The molecule has 0 unspecified atom stereocenters. The maximum Gasteiger partial charge on any atom is 0.149 e. The quantitative estimate of drug-likeness (QED) is 0.908. The highest BCUT2D eigenvalue weighted by Gasteiger charge is 2.06. The molecule has 0 bridgehead atoms. The molecule has 90 valence electrons. The molecular weight excluding hydrogens is 241 g/mol. The van der Waals surface area contributed by atoms with Crippen LogP contribution in [0.15, 0.2) is 30.6 Å². The second-order valence-corrected chi connectivity index (χ2v) is 4.11. The smallest absolute Gasteiger partial charge is 0.149 e. The van der Waals surface area contributed by atoms with E-state index in [1.54, 1.807) is 12.3 Å². The molecule has 0 atom stereocenters. The maximum atomic E-state index is 13.8. The van der Waals surface area contributed by atoms with E-state index in [1.807, 2.05) is 13.0 Å². The Morgan fingerprint density at radius 2 is 2.29 bits per heavy atom. The number of hydrogen-bond acceptors (Lipinski definition) is 2. The van der Waals surface area contributed by atoms with Gasteiger partial charge in [0.25, 0.3) is 0 Å². The third-order valence-electron chi connectivity index (χ3n) is 2.39. The summed E-state index contributed by atoms with van der Waals surface area (Å²) >= 11 is 5.75. The van der Waals surface area contributed by atoms with Gasteiger partial charge in [-0.15, -0.1) is 0 Å². The molecule has 1 aromatic carbocycles. The van der Waals surface area contributed by atoms with Crippen molar-refractivity contribution in [3.05, 3.63) is 47.0 Å². The summed E-state index contributed by atoms with van der Waals surface area (Å²) in [7, 11) is 0. The summed E-state index contributed by atoms with van der Waals surface area (Å²) in [5.41, 5.74) is 1.31. The molecular formula is C12H13ClFN3. The van der Waals surface area contributed by atoms with Crippen molar-refractivity contribution in [3.8, 4) is 5.69 Å². The Balaban J connectivity index is 2.25. The van der Waals surface area contributed by atoms with E-state index in [-0.39, 0.29) is 5.82 Å². The highest BCUT2D eigenvalue weighted by molar-refractivity contribution is 6.30. The summed E-state index contributed by atoms with van der Waals surface area (Å²) in [5.74, 6) is -0.305. The van der Waals surface area contributed by atoms with E-state index in [2.05, 4.69) is 10.4 Å². The molecule has 2 rings (SSSR count). The minimum absolute atomic E-state index is 0.305. The first kappa shape index (κ1) is 12.1. The minimum atomic E-state index is -0.305. The molecule has 0 amide bonds. The Labute approximate surface area is 104 Å². The van der Waals surface area contributed by atoms with Crippen molar-refractivity contribution in [1.29, 1.82) is 0 Å². The molecule has 17 heavy (non-hydrogen) atoms. The topological polar surface area (TPSA) is 29.9 Å². The van der Waals surface area contributed by atoms with Gasteiger partial charge in [-0.1, -0.05) is 24.6 Å². The lowest BCUT2D eigenvalue weighted by molar-refractivity contribution is 0.605. The van der Waals surface area contributed by atoms with Crippen LogP contribution in [-0.2, 0) is 6.54 Å². The molecule has 0 saturated heterocycles. The van der Waals surface area contributed by atoms with Gasteiger partial charge in [-0.05, 0) is 24.2 Å². The zero-order chi connectivity index (χ0) is 12.3. The Bertz CT molecular complexity index is 510. The number of halogens is 2. The first-order chi connectivity index (χ1) is 8.20. The van der Waals surface area contributed by atoms with Crippen molar-refractivity contribution < 1.29 is 4.39 Å². The van der Waals surface area contributed by atoms with Gasteiger partial charge in [-0.2, -0.15) is 5.10 Å². The molecule has 3 nitrogen and oxygen atoms in total. The van der Waals surface area contributed by atoms with Crippen molar-refractivity contribution in [2.75, 3.05) is 6.54 Å². The van der Waals surface area contributed by atoms with Gasteiger partial charge in [0, 0.05) is 12.7 Å². The fourth-order valence-corrected chi connectivity index (χ4v) is 1.68. The molecule has 0 spiro atoms. The Morgan fingerprint density at radius 3 is 2.88 bits per heavy atom. The first-order valence-corrected chi connectivity index (χ1v) is 5.78. The number of rotatable bonds is 4. The lowest BCUT2D eigenvalue weighted by Crippen LogP contribution is -2.12. The van der Waals surface area contributed by atoms with E-state index >= 15 is 0 Å². The average molecular weight is 254 g/mol. The predicted molar refractivity (Wildman–Crippen MR) is 65.9 cm³/mol. The first-order valence-electron chi connectivity index (χ1n) is 5.40. The summed E-state index contributed by atoms with van der Waals surface area (Å²) in [4.78, 5) is 0. The Kier molecular flexibility index (Phi) is 3.76. The Hall–Kier alpha value is -1.39. The minimum Gasteiger partial charge on any atom is -0.313 e. The molecule has 5 heteroatoms. The number of nitrogens with zero attached hydrogens (tertiary/aromatic N) is 2. The van der Waals surface area contributed by atoms with Crippen LogP contribution in [0.2, 0.25) is 5.02 Å². The average Bonchev–Trinajstić information content (AvgIpc) is 2.73. The maximum absolute atomic E-state index is 13.8. The summed E-state index contributed by atoms with van der Waals surface area (Å²) < 4.78 is 15.3. The monoisotopic (exact) mass is 253 g/mol. The zero-order valence-corrected chi connectivity index (χ0v) is 10.2. The van der Waals surface area contributed by atoms with Crippen molar-refractivity contribution in [2.24, 2.45) is 0 Å². The van der Waals surface area contributed by atoms with Crippen LogP contribution in [0, 0.1) is 5.82 Å². The third-order valence-corrected chi connectivity index (χ3v) is 2.58. The van der Waals surface area contributed by atoms with Crippen LogP contribution in [0.25, 0.3) is 5.69 Å². The highest BCUT2D eigenvalue weighted by atomic mass is 35.5. The van der Waals surface area contributed by atoms with Crippen LogP contribution >= 0.6 is 11.6 Å². The van der Waals surface area contributed by atoms with Gasteiger partial charge in [-0.25, -0.2) is 9.07 Å². The number of aromatic nitrogens is 2. The van der Waals surface area contributed by atoms with E-state index in [9.17, 15) is 4.39 Å². The van der Waals surface area contributed by atoms with Crippen LogP contribution in [0.1, 0.15) is 12.5 Å². The fourth-order valence-electron chi connectivity index (χ4n) is 1.55. The van der Waals surface area contributed by atoms with Gasteiger partial charge in [0.05, 0.1) is 11.2 Å². The van der Waals surface area contributed by atoms with Gasteiger partial charge in [0.2, 0.25) is 0 Å². The molecule has 0 saturated carbocycles. The predicted octanol–water partition coefficient (Wildman–Crippen LogP) is 2.77. The van der Waals surface area contributed by atoms with Crippen molar-refractivity contribution in [2.45, 2.75) is 13.5 Å². The van der Waals surface area contributed by atoms with Crippen LogP contribution in [0.4, 0.5) is 4.39 Å². The summed E-state index contributed by atoms with van der Waals surface area (Å²) in [5, 5.41) is 7.60. The number of nitrogens with one attached hydrogen (secondary N) is 1. The summed E-state index contributed by atoms with van der Waals surface area (Å²) in [6, 6.07) is 5.08. The highest BCUT2D eigenvalue weighted by Crippen LogP contribution is 2.16. The van der Waals surface area contributed by atoms with Crippen molar-refractivity contribution in [3.63, 3.8) is 0 Å². The molecule has 1 N–H and O–H groups in total. The van der Waals surface area contributed by atoms with E-state index in [1.165, 1.54) is 16.9 Å². The van der Waals surface area contributed by atoms with Crippen LogP contribution < -0.4 is 5.32 Å². The van der Waals surface area contributed by atoms with Crippen LogP contribution in [0.5, 0.6) is 0 Å². The normalized spacial score (nSPS) is 10.8. The van der Waals surface area contributed by atoms with Crippen molar-refractivity contribution >= 4 is 11.6 Å². The fraction of sp³-hybridized carbons (Fsp3) is 0.250. The molecule has 1 heterocycles. The van der Waals surface area contributed by atoms with Crippen molar-refractivity contribution in [1.82, 2.24) is 15.1 Å². The van der Waals surface area contributed by atoms with E-state index in [0.29, 0.717) is 17.3 Å². The lowest BCUT2D eigenvalue weighted by Gasteiger charge is -2.06. The zero-order valence-electron chi connectivity index (χ0n) is 9.45. The lowest BCUT2D eigenvalue weighted by atomic mass is 10.2. The van der Waals surface area contributed by atoms with Gasteiger partial charge < -0.3 is 5.32 Å². The summed E-state index contributed by atoms with van der Waals surface area (Å²) in [6.07, 6.45) is 3.05. The standard InChI is InChI=1S/C12H13ClFN3/c1-2-15-6-9-3-4-12(11(14)5-9)17-8-10(13)7-16-17/h3-5,7-8,15H,2,6H2,1H3. The van der Waals surface area contributed by atoms with Gasteiger partial charge in [-0.3, -0.25) is 0 Å². The van der Waals surface area contributed by atoms with E-state index in [0.717, 1.165) is 12.1 Å². The van der Waals surface area contributed by atoms with Gasteiger partial charge in [0.15, 0.2) is 0 Å². The third kappa shape index (κ3) is 2.84. The van der Waals surface area contributed by atoms with Crippen LogP contribution in [0.3, 0.4) is 0 Å². The molecule has 1 aromatic heterocycles. The molecule has 0 radical (unpaired) electrons. The molecule has 0 fully saturated rings. The van der Waals surface area contributed by atoms with Gasteiger partial charge in [0.1, 0.15) is 11.5 Å². The molecule has 0 aliphatic heterocycles. The summed E-state index contributed by atoms with van der Waals surface area (Å²) in [6.45, 7) is 3.53. The second kappa shape index (κ2) is 5.29. The van der Waals surface area contributed by atoms with E-state index < -0.39 is 0 Å². The second-order valence-electron chi connectivity index (χ2n) is 3.67. The SMILES string of the molecule is CCNCc1ccc(-n2cc(Cl)cn2)c(F)c1. The molecule has 0 aliphatic carbocycles. The number of hydrogen-bond donors (Lipinski definition) is 1. The van der Waals surface area contributed by atoms with Gasteiger partial charge >= 0.3 is 0 Å². The largest absolute Gasteiger partial charge is 0.313 e. The molecule has 0 aliphatic rings.